The summed E-state index contributed by atoms with van der Waals surface area (Å²) < 4.78 is 5.51. The molecule has 1 aromatic carbocycles. The molecule has 0 unspecified atom stereocenters. The molecule has 0 atom stereocenters. The molecule has 0 bridgehead atoms. The summed E-state index contributed by atoms with van der Waals surface area (Å²) in [4.78, 5) is 21.8. The molecule has 0 aliphatic heterocycles. The number of carboxylic acid groups (broad SMARTS) is 1. The molecular weight excluding hydrogens is 234 g/mol. The summed E-state index contributed by atoms with van der Waals surface area (Å²) >= 11 is 0. The molecule has 0 saturated heterocycles. The Balaban J connectivity index is 2.80. The van der Waals surface area contributed by atoms with Gasteiger partial charge in [-0.05, 0) is 31.0 Å². The summed E-state index contributed by atoms with van der Waals surface area (Å²) in [7, 11) is 0. The average Bonchev–Trinajstić information content (AvgIpc) is 2.28. The lowest BCUT2D eigenvalue weighted by atomic mass is 10.2. The Kier molecular flexibility index (Phi) is 5.17. The molecule has 0 aliphatic rings. The van der Waals surface area contributed by atoms with Crippen molar-refractivity contribution in [2.45, 2.75) is 26.7 Å². The molecule has 5 nitrogen and oxygen atoms in total. The van der Waals surface area contributed by atoms with Crippen LogP contribution in [0.2, 0.25) is 0 Å². The number of carboxylic acids is 1. The topological polar surface area (TPSA) is 75.6 Å². The minimum absolute atomic E-state index is 0.500. The third-order valence-electron chi connectivity index (χ3n) is 2.18. The zero-order valence-electron chi connectivity index (χ0n) is 10.5. The summed E-state index contributed by atoms with van der Waals surface area (Å²) in [5.41, 5.74) is 1.51. The maximum atomic E-state index is 11.4. The van der Waals surface area contributed by atoms with Gasteiger partial charge in [0.15, 0.2) is 0 Å². The number of aliphatic carboxylic acids is 1. The molecule has 0 heterocycles. The molecule has 1 amide bonds. The van der Waals surface area contributed by atoms with Gasteiger partial charge in [-0.2, -0.15) is 0 Å². The smallest absolute Gasteiger partial charge is 0.312 e. The second-order valence-corrected chi connectivity index (χ2v) is 3.97. The summed E-state index contributed by atoms with van der Waals surface area (Å²) in [5.74, 6) is -1.15. The van der Waals surface area contributed by atoms with Crippen molar-refractivity contribution < 1.29 is 19.4 Å². The number of hydrogen-bond donors (Lipinski definition) is 2. The van der Waals surface area contributed by atoms with Gasteiger partial charge in [0.25, 0.3) is 0 Å². The molecule has 1 rings (SSSR count). The van der Waals surface area contributed by atoms with Crippen LogP contribution in [0.1, 0.15) is 25.3 Å². The first kappa shape index (κ1) is 14.0. The highest BCUT2D eigenvalue weighted by Crippen LogP contribution is 2.26. The lowest BCUT2D eigenvalue weighted by molar-refractivity contribution is -0.139. The third kappa shape index (κ3) is 4.45. The van der Waals surface area contributed by atoms with Crippen molar-refractivity contribution in [1.29, 1.82) is 0 Å². The van der Waals surface area contributed by atoms with E-state index in [1.165, 1.54) is 0 Å². The highest BCUT2D eigenvalue weighted by Gasteiger charge is 2.11. The van der Waals surface area contributed by atoms with Crippen molar-refractivity contribution >= 4 is 17.6 Å². The van der Waals surface area contributed by atoms with E-state index in [9.17, 15) is 9.59 Å². The summed E-state index contributed by atoms with van der Waals surface area (Å²) in [6.45, 7) is 4.45. The number of hydrogen-bond acceptors (Lipinski definition) is 3. The van der Waals surface area contributed by atoms with Gasteiger partial charge in [0.1, 0.15) is 12.2 Å². The van der Waals surface area contributed by atoms with Crippen molar-refractivity contribution in [3.63, 3.8) is 0 Å². The standard InChI is InChI=1S/C13H17NO4/c1-3-6-18-11-7-9(2)4-5-10(11)14-12(15)8-13(16)17/h4-5,7H,3,6,8H2,1-2H3,(H,14,15)(H,16,17). The number of nitrogens with one attached hydrogen (secondary N) is 1. The van der Waals surface area contributed by atoms with E-state index in [0.29, 0.717) is 18.0 Å². The van der Waals surface area contributed by atoms with Crippen LogP contribution < -0.4 is 10.1 Å². The Labute approximate surface area is 106 Å². The van der Waals surface area contributed by atoms with Crippen LogP contribution in [0.4, 0.5) is 5.69 Å². The Bertz CT molecular complexity index is 443. The molecule has 0 spiro atoms. The highest BCUT2D eigenvalue weighted by atomic mass is 16.5. The maximum absolute atomic E-state index is 11.4. The Morgan fingerprint density at radius 2 is 2.11 bits per heavy atom. The lowest BCUT2D eigenvalue weighted by Gasteiger charge is -2.12. The van der Waals surface area contributed by atoms with Gasteiger partial charge < -0.3 is 15.2 Å². The molecule has 2 N–H and O–H groups in total. The molecular formula is C13H17NO4. The number of ether oxygens (including phenoxy) is 1. The van der Waals surface area contributed by atoms with E-state index >= 15 is 0 Å². The van der Waals surface area contributed by atoms with Crippen molar-refractivity contribution in [3.05, 3.63) is 23.8 Å². The second-order valence-electron chi connectivity index (χ2n) is 3.97. The van der Waals surface area contributed by atoms with Gasteiger partial charge in [-0.1, -0.05) is 13.0 Å². The van der Waals surface area contributed by atoms with Gasteiger partial charge >= 0.3 is 5.97 Å². The lowest BCUT2D eigenvalue weighted by Crippen LogP contribution is -2.16. The van der Waals surface area contributed by atoms with E-state index in [1.807, 2.05) is 26.0 Å². The molecule has 1 aromatic rings. The number of aryl methyl sites for hydroxylation is 1. The molecule has 18 heavy (non-hydrogen) atoms. The average molecular weight is 251 g/mol. The molecule has 0 aliphatic carbocycles. The van der Waals surface area contributed by atoms with Gasteiger partial charge in [0.05, 0.1) is 12.3 Å². The zero-order valence-corrected chi connectivity index (χ0v) is 10.5. The molecule has 0 saturated carbocycles. The van der Waals surface area contributed by atoms with Gasteiger partial charge in [0, 0.05) is 0 Å². The maximum Gasteiger partial charge on any atom is 0.312 e. The Morgan fingerprint density at radius 1 is 1.39 bits per heavy atom. The van der Waals surface area contributed by atoms with E-state index < -0.39 is 18.3 Å². The third-order valence-corrected chi connectivity index (χ3v) is 2.18. The number of anilines is 1. The fourth-order valence-corrected chi connectivity index (χ4v) is 1.40. The first-order chi connectivity index (χ1) is 8.52. The van der Waals surface area contributed by atoms with Crippen molar-refractivity contribution in [2.24, 2.45) is 0 Å². The minimum Gasteiger partial charge on any atom is -0.491 e. The van der Waals surface area contributed by atoms with Gasteiger partial charge in [-0.15, -0.1) is 0 Å². The zero-order chi connectivity index (χ0) is 13.5. The van der Waals surface area contributed by atoms with E-state index in [0.717, 1.165) is 12.0 Å². The van der Waals surface area contributed by atoms with Crippen molar-refractivity contribution in [1.82, 2.24) is 0 Å². The second kappa shape index (κ2) is 6.64. The normalized spacial score (nSPS) is 9.89. The van der Waals surface area contributed by atoms with Crippen LogP contribution in [0, 0.1) is 6.92 Å². The molecule has 0 fully saturated rings. The largest absolute Gasteiger partial charge is 0.491 e. The van der Waals surface area contributed by atoms with Crippen LogP contribution in [0.3, 0.4) is 0 Å². The van der Waals surface area contributed by atoms with Gasteiger partial charge in [0.2, 0.25) is 5.91 Å². The fraction of sp³-hybridized carbons (Fsp3) is 0.385. The van der Waals surface area contributed by atoms with E-state index in [1.54, 1.807) is 6.07 Å². The summed E-state index contributed by atoms with van der Waals surface area (Å²) in [5, 5.41) is 11.1. The SMILES string of the molecule is CCCOc1cc(C)ccc1NC(=O)CC(=O)O. The Hall–Kier alpha value is -2.04. The minimum atomic E-state index is -1.16. The Morgan fingerprint density at radius 3 is 2.72 bits per heavy atom. The highest BCUT2D eigenvalue weighted by molar-refractivity contribution is 6.02. The number of carbonyl (C=O) groups excluding carboxylic acids is 1. The molecule has 98 valence electrons. The molecule has 0 radical (unpaired) electrons. The van der Waals surface area contributed by atoms with Crippen LogP contribution >= 0.6 is 0 Å². The van der Waals surface area contributed by atoms with Crippen molar-refractivity contribution in [3.8, 4) is 5.75 Å². The predicted molar refractivity (Wildman–Crippen MR) is 67.8 cm³/mol. The van der Waals surface area contributed by atoms with E-state index in [-0.39, 0.29) is 0 Å². The number of benzene rings is 1. The number of amides is 1. The monoisotopic (exact) mass is 251 g/mol. The van der Waals surface area contributed by atoms with E-state index in [4.69, 9.17) is 9.84 Å². The number of carbonyl (C=O) groups is 2. The fourth-order valence-electron chi connectivity index (χ4n) is 1.40. The van der Waals surface area contributed by atoms with Crippen LogP contribution in [-0.4, -0.2) is 23.6 Å². The van der Waals surface area contributed by atoms with Crippen LogP contribution in [0.5, 0.6) is 5.75 Å². The summed E-state index contributed by atoms with van der Waals surface area (Å²) in [6, 6.07) is 5.35. The molecule has 5 heteroatoms. The predicted octanol–water partition coefficient (Wildman–Crippen LogP) is 2.20. The van der Waals surface area contributed by atoms with Crippen LogP contribution in [-0.2, 0) is 9.59 Å². The van der Waals surface area contributed by atoms with E-state index in [2.05, 4.69) is 5.32 Å². The molecule has 0 aromatic heterocycles. The first-order valence-corrected chi connectivity index (χ1v) is 5.78. The number of rotatable bonds is 6. The van der Waals surface area contributed by atoms with Crippen LogP contribution in [0.15, 0.2) is 18.2 Å². The summed E-state index contributed by atoms with van der Waals surface area (Å²) in [6.07, 6.45) is 0.303. The van der Waals surface area contributed by atoms with Crippen LogP contribution in [0.25, 0.3) is 0 Å². The first-order valence-electron chi connectivity index (χ1n) is 5.78. The van der Waals surface area contributed by atoms with Gasteiger partial charge in [-0.25, -0.2) is 0 Å². The van der Waals surface area contributed by atoms with Gasteiger partial charge in [-0.3, -0.25) is 9.59 Å². The van der Waals surface area contributed by atoms with Crippen molar-refractivity contribution in [2.75, 3.05) is 11.9 Å². The quantitative estimate of drug-likeness (QED) is 0.760.